The van der Waals surface area contributed by atoms with Crippen molar-refractivity contribution in [2.24, 2.45) is 0 Å². The summed E-state index contributed by atoms with van der Waals surface area (Å²) in [6, 6.07) is 3.60. The third-order valence-electron chi connectivity index (χ3n) is 1.92. The molecule has 3 nitrogen and oxygen atoms in total. The first kappa shape index (κ1) is 8.44. The van der Waals surface area contributed by atoms with Gasteiger partial charge in [0.25, 0.3) is 11.7 Å². The number of hydrogen-bond acceptors (Lipinski definition) is 2. The lowest BCUT2D eigenvalue weighted by molar-refractivity contribution is -0.112. The second-order valence-corrected chi connectivity index (χ2v) is 3.81. The van der Waals surface area contributed by atoms with E-state index in [1.165, 1.54) is 0 Å². The molecule has 0 saturated carbocycles. The van der Waals surface area contributed by atoms with Crippen LogP contribution in [0.25, 0.3) is 0 Å². The molecular formula is C9H6BrNO2. The Bertz CT molecular complexity index is 426. The zero-order valence-electron chi connectivity index (χ0n) is 6.85. The Balaban J connectivity index is 2.71. The SMILES string of the molecule is Cc1cc(Br)c2c(c1)NC(=O)C2=O. The number of carbonyl (C=O) groups is 2. The van der Waals surface area contributed by atoms with Gasteiger partial charge >= 0.3 is 0 Å². The van der Waals surface area contributed by atoms with Gasteiger partial charge in [0.2, 0.25) is 0 Å². The lowest BCUT2D eigenvalue weighted by Gasteiger charge is -2.00. The minimum atomic E-state index is -0.554. The maximum absolute atomic E-state index is 11.3. The predicted octanol–water partition coefficient (Wildman–Crippen LogP) is 1.89. The number of amides is 1. The molecule has 0 unspecified atom stereocenters. The Morgan fingerprint density at radius 2 is 2.00 bits per heavy atom. The zero-order chi connectivity index (χ0) is 9.59. The Hall–Kier alpha value is -1.16. The molecule has 1 aliphatic heterocycles. The minimum absolute atomic E-state index is 0.440. The van der Waals surface area contributed by atoms with E-state index < -0.39 is 11.7 Å². The van der Waals surface area contributed by atoms with E-state index in [0.29, 0.717) is 15.7 Å². The van der Waals surface area contributed by atoms with Crippen LogP contribution < -0.4 is 5.32 Å². The van der Waals surface area contributed by atoms with E-state index in [9.17, 15) is 9.59 Å². The molecule has 0 fully saturated rings. The Kier molecular flexibility index (Phi) is 1.73. The van der Waals surface area contributed by atoms with Crippen molar-refractivity contribution >= 4 is 33.3 Å². The van der Waals surface area contributed by atoms with Gasteiger partial charge in [-0.2, -0.15) is 0 Å². The molecule has 1 N–H and O–H groups in total. The van der Waals surface area contributed by atoms with Crippen LogP contribution in [0.3, 0.4) is 0 Å². The molecule has 1 amide bonds. The van der Waals surface area contributed by atoms with E-state index in [0.717, 1.165) is 5.56 Å². The number of ketones is 1. The van der Waals surface area contributed by atoms with Crippen molar-refractivity contribution in [3.05, 3.63) is 27.7 Å². The van der Waals surface area contributed by atoms with Crippen molar-refractivity contribution in [1.82, 2.24) is 0 Å². The Morgan fingerprint density at radius 3 is 2.69 bits per heavy atom. The highest BCUT2D eigenvalue weighted by atomic mass is 79.9. The summed E-state index contributed by atoms with van der Waals surface area (Å²) in [6.45, 7) is 1.90. The largest absolute Gasteiger partial charge is 0.318 e. The fourth-order valence-corrected chi connectivity index (χ4v) is 2.12. The molecule has 13 heavy (non-hydrogen) atoms. The molecule has 1 heterocycles. The van der Waals surface area contributed by atoms with Crippen LogP contribution in [0.4, 0.5) is 5.69 Å². The fraction of sp³-hybridized carbons (Fsp3) is 0.111. The summed E-state index contributed by atoms with van der Waals surface area (Å²) >= 11 is 3.25. The number of nitrogens with one attached hydrogen (secondary N) is 1. The van der Waals surface area contributed by atoms with E-state index >= 15 is 0 Å². The van der Waals surface area contributed by atoms with Crippen LogP contribution in [-0.2, 0) is 4.79 Å². The van der Waals surface area contributed by atoms with E-state index in [4.69, 9.17) is 0 Å². The van der Waals surface area contributed by atoms with Crippen LogP contribution >= 0.6 is 15.9 Å². The molecule has 0 spiro atoms. The summed E-state index contributed by atoms with van der Waals surface area (Å²) in [6.07, 6.45) is 0. The monoisotopic (exact) mass is 239 g/mol. The van der Waals surface area contributed by atoms with Gasteiger partial charge in [0, 0.05) is 4.47 Å². The van der Waals surface area contributed by atoms with Crippen molar-refractivity contribution in [2.75, 3.05) is 5.32 Å². The molecule has 66 valence electrons. The molecule has 1 aromatic carbocycles. The summed E-state index contributed by atoms with van der Waals surface area (Å²) in [5.74, 6) is -1.02. The molecule has 0 saturated heterocycles. The van der Waals surface area contributed by atoms with Gasteiger partial charge in [-0.3, -0.25) is 9.59 Å². The maximum Gasteiger partial charge on any atom is 0.296 e. The summed E-state index contributed by atoms with van der Waals surface area (Å²) in [5.41, 5.74) is 2.04. The predicted molar refractivity (Wildman–Crippen MR) is 51.8 cm³/mol. The van der Waals surface area contributed by atoms with Crippen LogP contribution in [-0.4, -0.2) is 11.7 Å². The quantitative estimate of drug-likeness (QED) is 0.704. The fourth-order valence-electron chi connectivity index (χ4n) is 1.36. The second-order valence-electron chi connectivity index (χ2n) is 2.95. The van der Waals surface area contributed by atoms with Gasteiger partial charge in [0.1, 0.15) is 0 Å². The van der Waals surface area contributed by atoms with Crippen molar-refractivity contribution in [2.45, 2.75) is 6.92 Å². The Labute approximate surface area is 83.3 Å². The van der Waals surface area contributed by atoms with Gasteiger partial charge in [-0.05, 0) is 40.5 Å². The van der Waals surface area contributed by atoms with Crippen LogP contribution in [0.1, 0.15) is 15.9 Å². The highest BCUT2D eigenvalue weighted by Crippen LogP contribution is 2.31. The molecule has 4 heteroatoms. The van der Waals surface area contributed by atoms with Gasteiger partial charge in [-0.25, -0.2) is 0 Å². The highest BCUT2D eigenvalue weighted by Gasteiger charge is 2.30. The van der Waals surface area contributed by atoms with Crippen molar-refractivity contribution in [1.29, 1.82) is 0 Å². The number of Topliss-reactive ketones (excluding diaryl/α,β-unsaturated/α-hetero) is 1. The van der Waals surface area contributed by atoms with Crippen LogP contribution in [0.5, 0.6) is 0 Å². The van der Waals surface area contributed by atoms with E-state index in [1.54, 1.807) is 6.07 Å². The normalized spacial score (nSPS) is 14.3. The smallest absolute Gasteiger partial charge is 0.296 e. The Morgan fingerprint density at radius 1 is 1.31 bits per heavy atom. The first-order chi connectivity index (χ1) is 6.09. The summed E-state index contributed by atoms with van der Waals surface area (Å²) < 4.78 is 0.672. The van der Waals surface area contributed by atoms with E-state index in [1.807, 2.05) is 13.0 Å². The topological polar surface area (TPSA) is 46.2 Å². The molecule has 0 atom stereocenters. The summed E-state index contributed by atoms with van der Waals surface area (Å²) in [4.78, 5) is 22.3. The highest BCUT2D eigenvalue weighted by molar-refractivity contribution is 9.10. The molecule has 1 aliphatic rings. The van der Waals surface area contributed by atoms with Crippen LogP contribution in [0, 0.1) is 6.92 Å². The molecule has 1 aromatic rings. The molecular weight excluding hydrogens is 234 g/mol. The van der Waals surface area contributed by atoms with Crippen molar-refractivity contribution < 1.29 is 9.59 Å². The number of hydrogen-bond donors (Lipinski definition) is 1. The third kappa shape index (κ3) is 1.18. The van der Waals surface area contributed by atoms with Crippen molar-refractivity contribution in [3.8, 4) is 0 Å². The summed E-state index contributed by atoms with van der Waals surface area (Å²) in [5, 5.41) is 2.51. The molecule has 0 radical (unpaired) electrons. The minimum Gasteiger partial charge on any atom is -0.318 e. The maximum atomic E-state index is 11.3. The van der Waals surface area contributed by atoms with Crippen LogP contribution in [0.15, 0.2) is 16.6 Å². The van der Waals surface area contributed by atoms with Gasteiger partial charge in [0.15, 0.2) is 0 Å². The zero-order valence-corrected chi connectivity index (χ0v) is 8.44. The third-order valence-corrected chi connectivity index (χ3v) is 2.54. The van der Waals surface area contributed by atoms with Gasteiger partial charge in [0.05, 0.1) is 11.3 Å². The average Bonchev–Trinajstić information content (AvgIpc) is 2.27. The number of anilines is 1. The number of halogens is 1. The average molecular weight is 240 g/mol. The van der Waals surface area contributed by atoms with Gasteiger partial charge < -0.3 is 5.32 Å². The first-order valence-electron chi connectivity index (χ1n) is 3.75. The number of aryl methyl sites for hydroxylation is 1. The molecule has 0 aromatic heterocycles. The number of carbonyl (C=O) groups excluding carboxylic acids is 2. The van der Waals surface area contributed by atoms with Gasteiger partial charge in [-0.1, -0.05) is 0 Å². The lowest BCUT2D eigenvalue weighted by atomic mass is 10.1. The number of benzene rings is 1. The van der Waals surface area contributed by atoms with Gasteiger partial charge in [-0.15, -0.1) is 0 Å². The van der Waals surface area contributed by atoms with E-state index in [-0.39, 0.29) is 0 Å². The molecule has 2 rings (SSSR count). The molecule has 0 bridgehead atoms. The first-order valence-corrected chi connectivity index (χ1v) is 4.54. The number of rotatable bonds is 0. The summed E-state index contributed by atoms with van der Waals surface area (Å²) in [7, 11) is 0. The number of fused-ring (bicyclic) bond motifs is 1. The van der Waals surface area contributed by atoms with Crippen molar-refractivity contribution in [3.63, 3.8) is 0 Å². The van der Waals surface area contributed by atoms with Crippen LogP contribution in [0.2, 0.25) is 0 Å². The molecule has 0 aliphatic carbocycles. The standard InChI is InChI=1S/C9H6BrNO2/c1-4-2-5(10)7-6(3-4)11-9(13)8(7)12/h2-3H,1H3,(H,11,12,13). The second kappa shape index (κ2) is 2.67. The lowest BCUT2D eigenvalue weighted by Crippen LogP contribution is -2.12. The van der Waals surface area contributed by atoms with E-state index in [2.05, 4.69) is 21.2 Å².